The predicted octanol–water partition coefficient (Wildman–Crippen LogP) is 2.91. The number of rotatable bonds is 4. The number of phenols is 1. The number of hydrogen-bond donors (Lipinski definition) is 3. The van der Waals surface area contributed by atoms with Gasteiger partial charge in [0.2, 0.25) is 5.88 Å². The van der Waals surface area contributed by atoms with E-state index in [2.05, 4.69) is 20.2 Å². The molecule has 152 valence electrons. The third-order valence-corrected chi connectivity index (χ3v) is 5.60. The highest BCUT2D eigenvalue weighted by Crippen LogP contribution is 2.38. The standard InChI is InChI=1S/C21H26N6O2/c1-12-4-5-16(28)13(2)19(12)29-21-18-15(24-11-25-20(18)22)10-17(26-21)27-8-6-14(23-3)7-9-27/h4-5,10-11,14,23,28H,6-9H2,1-3H3,(H2,22,24,25). The Kier molecular flexibility index (Phi) is 5.10. The quantitative estimate of drug-likeness (QED) is 0.620. The largest absolute Gasteiger partial charge is 0.508 e. The Morgan fingerprint density at radius 3 is 2.69 bits per heavy atom. The lowest BCUT2D eigenvalue weighted by atomic mass is 10.1. The Morgan fingerprint density at radius 2 is 1.97 bits per heavy atom. The van der Waals surface area contributed by atoms with Gasteiger partial charge in [-0.2, -0.15) is 4.98 Å². The maximum absolute atomic E-state index is 10.1. The molecule has 4 rings (SSSR count). The zero-order valence-corrected chi connectivity index (χ0v) is 16.9. The number of fused-ring (bicyclic) bond motifs is 1. The van der Waals surface area contributed by atoms with Crippen LogP contribution in [0.5, 0.6) is 17.4 Å². The summed E-state index contributed by atoms with van der Waals surface area (Å²) >= 11 is 0. The predicted molar refractivity (Wildman–Crippen MR) is 114 cm³/mol. The Labute approximate surface area is 169 Å². The highest BCUT2D eigenvalue weighted by Gasteiger charge is 2.22. The SMILES string of the molecule is CNC1CCN(c2cc3ncnc(N)c3c(Oc3c(C)ccc(O)c3C)n2)CC1. The number of phenolic OH excluding ortho intramolecular Hbond substituents is 1. The molecule has 8 heteroatoms. The van der Waals surface area contributed by atoms with Crippen molar-refractivity contribution >= 4 is 22.5 Å². The number of piperidine rings is 1. The van der Waals surface area contributed by atoms with E-state index in [0.29, 0.717) is 40.0 Å². The van der Waals surface area contributed by atoms with Crippen molar-refractivity contribution < 1.29 is 9.84 Å². The van der Waals surface area contributed by atoms with Gasteiger partial charge >= 0.3 is 0 Å². The topological polar surface area (TPSA) is 109 Å². The van der Waals surface area contributed by atoms with Crippen LogP contribution in [-0.2, 0) is 0 Å². The van der Waals surface area contributed by atoms with Gasteiger partial charge in [0.1, 0.15) is 34.8 Å². The molecule has 0 amide bonds. The average molecular weight is 394 g/mol. The maximum Gasteiger partial charge on any atom is 0.234 e. The molecule has 8 nitrogen and oxygen atoms in total. The lowest BCUT2D eigenvalue weighted by molar-refractivity contribution is 0.432. The van der Waals surface area contributed by atoms with Gasteiger partial charge in [0.25, 0.3) is 0 Å². The first-order valence-corrected chi connectivity index (χ1v) is 9.78. The zero-order chi connectivity index (χ0) is 20.5. The summed E-state index contributed by atoms with van der Waals surface area (Å²) in [6.45, 7) is 5.53. The summed E-state index contributed by atoms with van der Waals surface area (Å²) < 4.78 is 6.22. The van der Waals surface area contributed by atoms with Crippen LogP contribution in [-0.4, -0.2) is 46.2 Å². The van der Waals surface area contributed by atoms with Gasteiger partial charge in [-0.1, -0.05) is 6.07 Å². The van der Waals surface area contributed by atoms with Gasteiger partial charge in [0.15, 0.2) is 0 Å². The number of anilines is 2. The molecule has 0 spiro atoms. The number of aromatic hydroxyl groups is 1. The van der Waals surface area contributed by atoms with Crippen LogP contribution in [0.25, 0.3) is 10.9 Å². The number of pyridine rings is 1. The number of aromatic nitrogens is 3. The van der Waals surface area contributed by atoms with Gasteiger partial charge in [0, 0.05) is 30.8 Å². The molecule has 1 saturated heterocycles. The summed E-state index contributed by atoms with van der Waals surface area (Å²) in [5, 5.41) is 14.0. The first-order chi connectivity index (χ1) is 14.0. The van der Waals surface area contributed by atoms with E-state index in [9.17, 15) is 5.11 Å². The second-order valence-corrected chi connectivity index (χ2v) is 7.45. The number of nitrogen functional groups attached to an aromatic ring is 1. The van der Waals surface area contributed by atoms with Gasteiger partial charge in [-0.3, -0.25) is 0 Å². The minimum Gasteiger partial charge on any atom is -0.508 e. The monoisotopic (exact) mass is 394 g/mol. The van der Waals surface area contributed by atoms with E-state index in [4.69, 9.17) is 15.5 Å². The summed E-state index contributed by atoms with van der Waals surface area (Å²) in [6.07, 6.45) is 3.54. The van der Waals surface area contributed by atoms with Gasteiger partial charge < -0.3 is 25.8 Å². The summed E-state index contributed by atoms with van der Waals surface area (Å²) in [4.78, 5) is 15.5. The molecule has 0 aliphatic carbocycles. The number of nitrogens with two attached hydrogens (primary N) is 1. The van der Waals surface area contributed by atoms with E-state index in [-0.39, 0.29) is 5.75 Å². The van der Waals surface area contributed by atoms with Gasteiger partial charge in [-0.05, 0) is 45.4 Å². The molecule has 1 fully saturated rings. The van der Waals surface area contributed by atoms with E-state index in [0.717, 1.165) is 37.3 Å². The molecule has 1 aromatic carbocycles. The minimum absolute atomic E-state index is 0.171. The molecule has 0 saturated carbocycles. The van der Waals surface area contributed by atoms with Crippen molar-refractivity contribution in [3.63, 3.8) is 0 Å². The smallest absolute Gasteiger partial charge is 0.234 e. The second kappa shape index (κ2) is 7.71. The number of nitrogens with zero attached hydrogens (tertiary/aromatic N) is 4. The van der Waals surface area contributed by atoms with Crippen molar-refractivity contribution in [3.05, 3.63) is 35.7 Å². The number of ether oxygens (including phenoxy) is 1. The number of benzene rings is 1. The molecular formula is C21H26N6O2. The van der Waals surface area contributed by atoms with Crippen LogP contribution < -0.4 is 20.7 Å². The molecule has 0 bridgehead atoms. The lowest BCUT2D eigenvalue weighted by Gasteiger charge is -2.32. The molecule has 29 heavy (non-hydrogen) atoms. The average Bonchev–Trinajstić information content (AvgIpc) is 2.74. The highest BCUT2D eigenvalue weighted by molar-refractivity contribution is 5.94. The minimum atomic E-state index is 0.171. The van der Waals surface area contributed by atoms with Crippen LogP contribution in [0.4, 0.5) is 11.6 Å². The van der Waals surface area contributed by atoms with Crippen LogP contribution in [0.15, 0.2) is 24.5 Å². The van der Waals surface area contributed by atoms with Crippen molar-refractivity contribution in [2.75, 3.05) is 30.8 Å². The first-order valence-electron chi connectivity index (χ1n) is 9.78. The summed E-state index contributed by atoms with van der Waals surface area (Å²) in [6, 6.07) is 5.93. The normalized spacial score (nSPS) is 15.1. The van der Waals surface area contributed by atoms with E-state index in [1.807, 2.05) is 33.0 Å². The van der Waals surface area contributed by atoms with Crippen LogP contribution in [0.2, 0.25) is 0 Å². The molecule has 0 atom stereocenters. The van der Waals surface area contributed by atoms with Crippen molar-refractivity contribution in [1.29, 1.82) is 0 Å². The fourth-order valence-electron chi connectivity index (χ4n) is 3.76. The fourth-order valence-corrected chi connectivity index (χ4v) is 3.76. The first kappa shape index (κ1) is 19.2. The lowest BCUT2D eigenvalue weighted by Crippen LogP contribution is -2.41. The van der Waals surface area contributed by atoms with Crippen LogP contribution in [0.3, 0.4) is 0 Å². The third kappa shape index (κ3) is 3.63. The fraction of sp³-hybridized carbons (Fsp3) is 0.381. The Bertz CT molecular complexity index is 1050. The van der Waals surface area contributed by atoms with Gasteiger partial charge in [0.05, 0.1) is 5.52 Å². The van der Waals surface area contributed by atoms with Crippen LogP contribution in [0, 0.1) is 13.8 Å². The van der Waals surface area contributed by atoms with Crippen molar-refractivity contribution in [2.24, 2.45) is 0 Å². The molecule has 1 aliphatic heterocycles. The summed E-state index contributed by atoms with van der Waals surface area (Å²) in [5.41, 5.74) is 8.37. The summed E-state index contributed by atoms with van der Waals surface area (Å²) in [5.74, 6) is 2.20. The zero-order valence-electron chi connectivity index (χ0n) is 16.9. The molecule has 0 unspecified atom stereocenters. The molecule has 2 aromatic heterocycles. The van der Waals surface area contributed by atoms with E-state index < -0.39 is 0 Å². The molecule has 4 N–H and O–H groups in total. The van der Waals surface area contributed by atoms with Crippen molar-refractivity contribution in [2.45, 2.75) is 32.7 Å². The molecule has 3 aromatic rings. The number of nitrogens with one attached hydrogen (secondary N) is 1. The highest BCUT2D eigenvalue weighted by atomic mass is 16.5. The molecular weight excluding hydrogens is 368 g/mol. The Hall–Kier alpha value is -3.13. The van der Waals surface area contributed by atoms with Gasteiger partial charge in [-0.25, -0.2) is 9.97 Å². The number of hydrogen-bond acceptors (Lipinski definition) is 8. The third-order valence-electron chi connectivity index (χ3n) is 5.60. The Morgan fingerprint density at radius 1 is 1.21 bits per heavy atom. The summed E-state index contributed by atoms with van der Waals surface area (Å²) in [7, 11) is 2.00. The van der Waals surface area contributed by atoms with E-state index in [1.54, 1.807) is 6.07 Å². The second-order valence-electron chi connectivity index (χ2n) is 7.45. The van der Waals surface area contributed by atoms with Crippen molar-refractivity contribution in [1.82, 2.24) is 20.3 Å². The Balaban J connectivity index is 1.79. The molecule has 3 heterocycles. The van der Waals surface area contributed by atoms with Crippen molar-refractivity contribution in [3.8, 4) is 17.4 Å². The number of aryl methyl sites for hydroxylation is 1. The molecule has 0 radical (unpaired) electrons. The van der Waals surface area contributed by atoms with E-state index >= 15 is 0 Å². The maximum atomic E-state index is 10.1. The molecule has 1 aliphatic rings. The van der Waals surface area contributed by atoms with Crippen LogP contribution >= 0.6 is 0 Å². The van der Waals surface area contributed by atoms with E-state index in [1.165, 1.54) is 6.33 Å². The van der Waals surface area contributed by atoms with Crippen LogP contribution in [0.1, 0.15) is 24.0 Å². The van der Waals surface area contributed by atoms with Gasteiger partial charge in [-0.15, -0.1) is 0 Å².